The van der Waals surface area contributed by atoms with Gasteiger partial charge in [-0.05, 0) is 71.8 Å². The van der Waals surface area contributed by atoms with E-state index in [0.29, 0.717) is 17.9 Å². The van der Waals surface area contributed by atoms with Gasteiger partial charge in [0.1, 0.15) is 5.60 Å². The molecule has 3 rings (SSSR count). The van der Waals surface area contributed by atoms with Crippen LogP contribution < -0.4 is 0 Å². The van der Waals surface area contributed by atoms with E-state index < -0.39 is 17.0 Å². The van der Waals surface area contributed by atoms with Gasteiger partial charge in [-0.1, -0.05) is 13.8 Å². The van der Waals surface area contributed by atoms with Crippen molar-refractivity contribution in [1.82, 2.24) is 9.80 Å². The van der Waals surface area contributed by atoms with E-state index in [2.05, 4.69) is 4.90 Å². The Morgan fingerprint density at radius 3 is 2.15 bits per heavy atom. The van der Waals surface area contributed by atoms with Gasteiger partial charge in [-0.15, -0.1) is 0 Å². The number of carbonyl (C=O) groups excluding carboxylic acids is 1. The Morgan fingerprint density at radius 2 is 1.59 bits per heavy atom. The minimum Gasteiger partial charge on any atom is -0.481 e. The first-order valence-electron chi connectivity index (χ1n) is 10.5. The maximum atomic E-state index is 12.2. The number of carbonyl (C=O) groups is 2. The van der Waals surface area contributed by atoms with Crippen LogP contribution in [0.25, 0.3) is 0 Å². The van der Waals surface area contributed by atoms with Crippen LogP contribution in [-0.2, 0) is 9.53 Å². The molecule has 0 aromatic heterocycles. The average Bonchev–Trinajstić information content (AvgIpc) is 3.21. The lowest BCUT2D eigenvalue weighted by Crippen LogP contribution is -2.52. The van der Waals surface area contributed by atoms with Crippen molar-refractivity contribution in [3.8, 4) is 0 Å². The zero-order valence-corrected chi connectivity index (χ0v) is 18.0. The highest BCUT2D eigenvalue weighted by Crippen LogP contribution is 2.45. The minimum atomic E-state index is -0.664. The van der Waals surface area contributed by atoms with E-state index >= 15 is 0 Å². The number of carboxylic acids is 1. The summed E-state index contributed by atoms with van der Waals surface area (Å²) in [6.07, 6.45) is 3.55. The number of carboxylic acid groups (broad SMARTS) is 1. The summed E-state index contributed by atoms with van der Waals surface area (Å²) in [6.45, 7) is 15.3. The molecule has 1 N–H and O–H groups in total. The van der Waals surface area contributed by atoms with Crippen molar-refractivity contribution in [2.45, 2.75) is 78.9 Å². The van der Waals surface area contributed by atoms with Crippen molar-refractivity contribution in [3.05, 3.63) is 0 Å². The lowest BCUT2D eigenvalue weighted by Gasteiger charge is -2.46. The minimum absolute atomic E-state index is 0.193. The van der Waals surface area contributed by atoms with E-state index in [0.717, 1.165) is 51.9 Å². The maximum absolute atomic E-state index is 12.2. The van der Waals surface area contributed by atoms with Crippen LogP contribution in [0.1, 0.15) is 67.2 Å². The lowest BCUT2D eigenvalue weighted by atomic mass is 9.66. The van der Waals surface area contributed by atoms with Crippen molar-refractivity contribution < 1.29 is 19.4 Å². The zero-order valence-electron chi connectivity index (χ0n) is 18.0. The number of hydrogen-bond acceptors (Lipinski definition) is 4. The van der Waals surface area contributed by atoms with Gasteiger partial charge in [-0.25, -0.2) is 4.79 Å². The maximum Gasteiger partial charge on any atom is 0.410 e. The molecule has 6 nitrogen and oxygen atoms in total. The molecule has 0 aromatic carbocycles. The molecule has 3 fully saturated rings. The van der Waals surface area contributed by atoms with Gasteiger partial charge in [0, 0.05) is 25.7 Å². The largest absolute Gasteiger partial charge is 0.481 e. The summed E-state index contributed by atoms with van der Waals surface area (Å²) >= 11 is 0. The Bertz CT molecular complexity index is 537. The van der Waals surface area contributed by atoms with Crippen LogP contribution in [0.2, 0.25) is 0 Å². The fourth-order valence-corrected chi connectivity index (χ4v) is 4.61. The SMILES string of the molecule is CC.CC(C)(C)OC(=O)N1CCC(C2CCN(C3CC(C)(C(=O)O)C3)C2)C1. The average molecular weight is 383 g/mol. The van der Waals surface area contributed by atoms with E-state index in [4.69, 9.17) is 4.74 Å². The molecule has 0 bridgehead atoms. The molecule has 0 spiro atoms. The van der Waals surface area contributed by atoms with Crippen LogP contribution in [0.15, 0.2) is 0 Å². The van der Waals surface area contributed by atoms with Crippen LogP contribution in [0, 0.1) is 17.3 Å². The summed E-state index contributed by atoms with van der Waals surface area (Å²) in [6, 6.07) is 0.425. The molecule has 2 aliphatic heterocycles. The zero-order chi connectivity index (χ0) is 20.4. The quantitative estimate of drug-likeness (QED) is 0.803. The second-order valence-corrected chi connectivity index (χ2v) is 9.45. The van der Waals surface area contributed by atoms with Crippen LogP contribution in [-0.4, -0.2) is 64.8 Å². The molecule has 0 radical (unpaired) electrons. The molecule has 0 aromatic rings. The van der Waals surface area contributed by atoms with Gasteiger partial charge in [0.2, 0.25) is 0 Å². The number of nitrogens with zero attached hydrogens (tertiary/aromatic N) is 2. The number of amides is 1. The van der Waals surface area contributed by atoms with E-state index in [1.165, 1.54) is 0 Å². The highest BCUT2D eigenvalue weighted by molar-refractivity contribution is 5.75. The Kier molecular flexibility index (Phi) is 6.82. The molecule has 1 amide bonds. The molecule has 1 aliphatic carbocycles. The third kappa shape index (κ3) is 5.15. The van der Waals surface area contributed by atoms with Crippen LogP contribution in [0.3, 0.4) is 0 Å². The van der Waals surface area contributed by atoms with Gasteiger partial charge in [0.05, 0.1) is 5.41 Å². The van der Waals surface area contributed by atoms with E-state index in [1.54, 1.807) is 0 Å². The van der Waals surface area contributed by atoms with Crippen LogP contribution >= 0.6 is 0 Å². The molecule has 2 atom stereocenters. The van der Waals surface area contributed by atoms with E-state index in [-0.39, 0.29) is 6.09 Å². The Hall–Kier alpha value is -1.30. The van der Waals surface area contributed by atoms with Crippen molar-refractivity contribution >= 4 is 12.1 Å². The van der Waals surface area contributed by atoms with Crippen molar-refractivity contribution in [2.24, 2.45) is 17.3 Å². The molecular weight excluding hydrogens is 344 g/mol. The second kappa shape index (κ2) is 8.38. The summed E-state index contributed by atoms with van der Waals surface area (Å²) < 4.78 is 5.48. The molecule has 2 heterocycles. The first-order valence-corrected chi connectivity index (χ1v) is 10.5. The Balaban J connectivity index is 0.00000126. The van der Waals surface area contributed by atoms with Gasteiger partial charge in [0.25, 0.3) is 0 Å². The van der Waals surface area contributed by atoms with Gasteiger partial charge in [-0.2, -0.15) is 0 Å². The summed E-state index contributed by atoms with van der Waals surface area (Å²) in [7, 11) is 0. The molecular formula is C21H38N2O4. The third-order valence-electron chi connectivity index (χ3n) is 6.20. The first kappa shape index (κ1) is 22.0. The van der Waals surface area contributed by atoms with Crippen LogP contribution in [0.4, 0.5) is 4.79 Å². The number of ether oxygens (including phenoxy) is 1. The first-order chi connectivity index (χ1) is 12.6. The monoisotopic (exact) mass is 382 g/mol. The Morgan fingerprint density at radius 1 is 1.04 bits per heavy atom. The number of likely N-dealkylation sites (tertiary alicyclic amines) is 2. The van der Waals surface area contributed by atoms with Crippen LogP contribution in [0.5, 0.6) is 0 Å². The highest BCUT2D eigenvalue weighted by atomic mass is 16.6. The summed E-state index contributed by atoms with van der Waals surface area (Å²) in [5, 5.41) is 9.27. The van der Waals surface area contributed by atoms with Gasteiger partial charge < -0.3 is 19.6 Å². The second-order valence-electron chi connectivity index (χ2n) is 9.45. The fraction of sp³-hybridized carbons (Fsp3) is 0.905. The summed E-state index contributed by atoms with van der Waals surface area (Å²) in [5.41, 5.74) is -0.968. The number of aliphatic carboxylic acids is 1. The molecule has 3 aliphatic rings. The topological polar surface area (TPSA) is 70.1 Å². The molecule has 27 heavy (non-hydrogen) atoms. The lowest BCUT2D eigenvalue weighted by molar-refractivity contribution is -0.157. The molecule has 2 unspecified atom stereocenters. The van der Waals surface area contributed by atoms with Crippen molar-refractivity contribution in [2.75, 3.05) is 26.2 Å². The predicted octanol–water partition coefficient (Wildman–Crippen LogP) is 3.84. The van der Waals surface area contributed by atoms with E-state index in [9.17, 15) is 14.7 Å². The van der Waals surface area contributed by atoms with Gasteiger partial charge >= 0.3 is 12.1 Å². The fourth-order valence-electron chi connectivity index (χ4n) is 4.61. The standard InChI is InChI=1S/C19H32N2O4.C2H6/c1-18(2,3)25-17(24)21-8-6-14(12-21)13-5-7-20(11-13)15-9-19(4,10-15)16(22)23;1-2/h13-15H,5-12H2,1-4H3,(H,22,23);1-2H3. The van der Waals surface area contributed by atoms with Gasteiger partial charge in [0.15, 0.2) is 0 Å². The summed E-state index contributed by atoms with van der Waals surface area (Å²) in [4.78, 5) is 27.8. The molecule has 2 saturated heterocycles. The van der Waals surface area contributed by atoms with E-state index in [1.807, 2.05) is 46.4 Å². The van der Waals surface area contributed by atoms with Crippen molar-refractivity contribution in [1.29, 1.82) is 0 Å². The summed E-state index contributed by atoms with van der Waals surface area (Å²) in [5.74, 6) is 0.496. The van der Waals surface area contributed by atoms with Gasteiger partial charge in [-0.3, -0.25) is 4.79 Å². The smallest absolute Gasteiger partial charge is 0.410 e. The number of rotatable bonds is 3. The molecule has 6 heteroatoms. The normalized spacial score (nSPS) is 33.9. The highest BCUT2D eigenvalue weighted by Gasteiger charge is 2.50. The predicted molar refractivity (Wildman–Crippen MR) is 106 cm³/mol. The third-order valence-corrected chi connectivity index (χ3v) is 6.20. The molecule has 156 valence electrons. The van der Waals surface area contributed by atoms with Crippen molar-refractivity contribution in [3.63, 3.8) is 0 Å². The number of hydrogen-bond donors (Lipinski definition) is 1. The Labute approximate surface area is 164 Å². The molecule has 1 saturated carbocycles.